The molecule has 0 radical (unpaired) electrons. The molecule has 0 aliphatic heterocycles. The molecule has 7 heteroatoms. The molecule has 0 amide bonds. The van der Waals surface area contributed by atoms with E-state index < -0.39 is 20.5 Å². The van der Waals surface area contributed by atoms with E-state index in [2.05, 4.69) is 9.47 Å². The van der Waals surface area contributed by atoms with Crippen molar-refractivity contribution >= 4 is 13.8 Å². The second kappa shape index (κ2) is 7.65. The van der Waals surface area contributed by atoms with Crippen LogP contribution in [0.2, 0.25) is 0 Å². The molecule has 1 unspecified atom stereocenters. The molecule has 0 aromatic heterocycles. The number of rotatable bonds is 7. The smallest absolute Gasteiger partial charge is 0.432 e. The van der Waals surface area contributed by atoms with E-state index >= 15 is 0 Å². The van der Waals surface area contributed by atoms with Crippen LogP contribution in [-0.2, 0) is 23.1 Å². The van der Waals surface area contributed by atoms with Crippen LogP contribution in [0.25, 0.3) is 0 Å². The van der Waals surface area contributed by atoms with E-state index in [1.54, 1.807) is 27.7 Å². The summed E-state index contributed by atoms with van der Waals surface area (Å²) in [6, 6.07) is 0. The third-order valence-electron chi connectivity index (χ3n) is 1.47. The summed E-state index contributed by atoms with van der Waals surface area (Å²) in [5.41, 5.74) is 0. The zero-order valence-electron chi connectivity index (χ0n) is 10.1. The van der Waals surface area contributed by atoms with Crippen molar-refractivity contribution in [2.24, 2.45) is 0 Å². The summed E-state index contributed by atoms with van der Waals surface area (Å²) in [6.07, 6.45) is -0.893. The molecule has 0 bridgehead atoms. The van der Waals surface area contributed by atoms with Crippen LogP contribution >= 0.6 is 7.60 Å². The summed E-state index contributed by atoms with van der Waals surface area (Å²) in [5.74, 6) is 0. The maximum absolute atomic E-state index is 11.7. The van der Waals surface area contributed by atoms with Gasteiger partial charge in [0, 0.05) is 6.16 Å². The van der Waals surface area contributed by atoms with Crippen molar-refractivity contribution in [3.63, 3.8) is 0 Å². The number of carbonyl (C=O) groups is 1. The Morgan fingerprint density at radius 2 is 1.88 bits per heavy atom. The van der Waals surface area contributed by atoms with Crippen molar-refractivity contribution in [3.05, 3.63) is 0 Å². The highest BCUT2D eigenvalue weighted by Crippen LogP contribution is 2.47. The molecule has 0 aliphatic rings. The molecule has 96 valence electrons. The minimum atomic E-state index is -3.12. The predicted octanol–water partition coefficient (Wildman–Crippen LogP) is 2.77. The molecular formula is C9H19O6P. The number of hydrogen-bond acceptors (Lipinski definition) is 6. The molecule has 0 N–H and O–H groups in total. The van der Waals surface area contributed by atoms with Crippen LogP contribution in [0.15, 0.2) is 0 Å². The molecule has 0 aromatic carbocycles. The minimum Gasteiger partial charge on any atom is -0.432 e. The first-order chi connectivity index (χ1) is 7.43. The van der Waals surface area contributed by atoms with Gasteiger partial charge in [0.1, 0.15) is 0 Å². The van der Waals surface area contributed by atoms with Crippen LogP contribution < -0.4 is 0 Å². The van der Waals surface area contributed by atoms with Gasteiger partial charge in [-0.25, -0.2) is 4.79 Å². The molecule has 0 aromatic rings. The molecule has 0 spiro atoms. The highest BCUT2D eigenvalue weighted by molar-refractivity contribution is 7.53. The number of carbonyl (C=O) groups excluding carboxylic acids is 1. The van der Waals surface area contributed by atoms with Gasteiger partial charge in [0.05, 0.1) is 12.7 Å². The lowest BCUT2D eigenvalue weighted by molar-refractivity contribution is -0.0126. The van der Waals surface area contributed by atoms with E-state index in [4.69, 9.17) is 9.05 Å². The molecule has 0 heterocycles. The van der Waals surface area contributed by atoms with Gasteiger partial charge in [-0.3, -0.25) is 9.09 Å². The van der Waals surface area contributed by atoms with Crippen molar-refractivity contribution in [1.29, 1.82) is 0 Å². The second-order valence-electron chi connectivity index (χ2n) is 3.15. The maximum Gasteiger partial charge on any atom is 0.510 e. The largest absolute Gasteiger partial charge is 0.510 e. The topological polar surface area (TPSA) is 71.1 Å². The fourth-order valence-corrected chi connectivity index (χ4v) is 1.84. The van der Waals surface area contributed by atoms with Gasteiger partial charge in [-0.15, -0.1) is 0 Å². The fourth-order valence-electron chi connectivity index (χ4n) is 0.798. The van der Waals surface area contributed by atoms with E-state index in [1.807, 2.05) is 0 Å². The highest BCUT2D eigenvalue weighted by Gasteiger charge is 2.22. The lowest BCUT2D eigenvalue weighted by Crippen LogP contribution is -2.14. The van der Waals surface area contributed by atoms with Crippen LogP contribution in [0, 0.1) is 0 Å². The SMILES string of the molecule is CCOP(=O)(CC)OCOC(=O)OC(C)C. The van der Waals surface area contributed by atoms with Gasteiger partial charge < -0.3 is 14.0 Å². The Morgan fingerprint density at radius 1 is 1.25 bits per heavy atom. The Hall–Kier alpha value is -0.580. The Labute approximate surface area is 95.7 Å². The lowest BCUT2D eigenvalue weighted by Gasteiger charge is -2.15. The van der Waals surface area contributed by atoms with Crippen LogP contribution in [0.4, 0.5) is 4.79 Å². The lowest BCUT2D eigenvalue weighted by atomic mass is 10.5. The zero-order chi connectivity index (χ0) is 12.6. The summed E-state index contributed by atoms with van der Waals surface area (Å²) in [6.45, 7) is 6.61. The van der Waals surface area contributed by atoms with Gasteiger partial charge in [0.15, 0.2) is 0 Å². The minimum absolute atomic E-state index is 0.226. The molecule has 0 aliphatic carbocycles. The predicted molar refractivity (Wildman–Crippen MR) is 58.4 cm³/mol. The van der Waals surface area contributed by atoms with Gasteiger partial charge in [0.25, 0.3) is 0 Å². The summed E-state index contributed by atoms with van der Waals surface area (Å²) >= 11 is 0. The first-order valence-corrected chi connectivity index (χ1v) is 6.87. The monoisotopic (exact) mass is 254 g/mol. The summed E-state index contributed by atoms with van der Waals surface area (Å²) < 4.78 is 30.8. The van der Waals surface area contributed by atoms with Crippen LogP contribution in [0.5, 0.6) is 0 Å². The van der Waals surface area contributed by atoms with Crippen molar-refractivity contribution < 1.29 is 27.9 Å². The van der Waals surface area contributed by atoms with Crippen molar-refractivity contribution in [1.82, 2.24) is 0 Å². The Kier molecular flexibility index (Phi) is 7.38. The molecule has 6 nitrogen and oxygen atoms in total. The van der Waals surface area contributed by atoms with E-state index in [0.29, 0.717) is 0 Å². The van der Waals surface area contributed by atoms with E-state index in [0.717, 1.165) is 0 Å². The first-order valence-electron chi connectivity index (χ1n) is 5.15. The van der Waals surface area contributed by atoms with E-state index in [1.165, 1.54) is 0 Å². The van der Waals surface area contributed by atoms with Crippen molar-refractivity contribution in [2.45, 2.75) is 33.8 Å². The quantitative estimate of drug-likeness (QED) is 0.395. The van der Waals surface area contributed by atoms with Gasteiger partial charge in [-0.1, -0.05) is 6.92 Å². The molecule has 1 atom stereocenters. The molecular weight excluding hydrogens is 235 g/mol. The molecule has 0 rings (SSSR count). The van der Waals surface area contributed by atoms with Gasteiger partial charge in [-0.05, 0) is 20.8 Å². The Bertz CT molecular complexity index is 252. The third-order valence-corrected chi connectivity index (χ3v) is 3.40. The number of ether oxygens (including phenoxy) is 2. The van der Waals surface area contributed by atoms with Gasteiger partial charge in [-0.2, -0.15) is 0 Å². The van der Waals surface area contributed by atoms with Crippen molar-refractivity contribution in [2.75, 3.05) is 19.6 Å². The second-order valence-corrected chi connectivity index (χ2v) is 5.52. The average Bonchev–Trinajstić information content (AvgIpc) is 2.17. The highest BCUT2D eigenvalue weighted by atomic mass is 31.2. The molecule has 0 saturated carbocycles. The van der Waals surface area contributed by atoms with Crippen LogP contribution in [-0.4, -0.2) is 31.8 Å². The first kappa shape index (κ1) is 15.4. The Balaban J connectivity index is 3.87. The summed E-state index contributed by atoms with van der Waals surface area (Å²) in [7, 11) is -3.12. The van der Waals surface area contributed by atoms with Gasteiger partial charge in [0.2, 0.25) is 6.79 Å². The normalized spacial score (nSPS) is 14.6. The average molecular weight is 254 g/mol. The van der Waals surface area contributed by atoms with E-state index in [-0.39, 0.29) is 18.9 Å². The van der Waals surface area contributed by atoms with Gasteiger partial charge >= 0.3 is 13.8 Å². The number of hydrogen-bond donors (Lipinski definition) is 0. The Morgan fingerprint density at radius 3 is 2.31 bits per heavy atom. The van der Waals surface area contributed by atoms with Crippen molar-refractivity contribution in [3.8, 4) is 0 Å². The maximum atomic E-state index is 11.7. The molecule has 0 saturated heterocycles. The molecule has 0 fully saturated rings. The van der Waals surface area contributed by atoms with Crippen LogP contribution in [0.1, 0.15) is 27.7 Å². The fraction of sp³-hybridized carbons (Fsp3) is 0.889. The zero-order valence-corrected chi connectivity index (χ0v) is 11.0. The van der Waals surface area contributed by atoms with Crippen LogP contribution in [0.3, 0.4) is 0 Å². The standard InChI is InChI=1S/C9H19O6P/c1-5-13-16(11,6-2)14-7-12-9(10)15-8(3)4/h8H,5-7H2,1-4H3. The molecule has 16 heavy (non-hydrogen) atoms. The summed E-state index contributed by atoms with van der Waals surface area (Å²) in [5, 5.41) is 0. The summed E-state index contributed by atoms with van der Waals surface area (Å²) in [4.78, 5) is 10.9. The third kappa shape index (κ3) is 6.82. The van der Waals surface area contributed by atoms with E-state index in [9.17, 15) is 9.36 Å².